The lowest BCUT2D eigenvalue weighted by Crippen LogP contribution is -2.40. The summed E-state index contributed by atoms with van der Waals surface area (Å²) in [5.74, 6) is -0.729. The van der Waals surface area contributed by atoms with Crippen molar-refractivity contribution < 1.29 is 19.8 Å². The number of aliphatic hydroxyl groups is 1. The van der Waals surface area contributed by atoms with Crippen molar-refractivity contribution in [3.63, 3.8) is 0 Å². The van der Waals surface area contributed by atoms with Gasteiger partial charge in [0.05, 0.1) is 5.41 Å². The van der Waals surface area contributed by atoms with Crippen LogP contribution < -0.4 is 5.32 Å². The molecule has 5 nitrogen and oxygen atoms in total. The van der Waals surface area contributed by atoms with E-state index in [1.165, 1.54) is 0 Å². The Morgan fingerprint density at radius 3 is 2.38 bits per heavy atom. The summed E-state index contributed by atoms with van der Waals surface area (Å²) in [6, 6.07) is 0. The third kappa shape index (κ3) is 5.65. The average molecular weight is 299 g/mol. The summed E-state index contributed by atoms with van der Waals surface area (Å²) < 4.78 is 0. The minimum Gasteiger partial charge on any atom is -0.481 e. The van der Waals surface area contributed by atoms with Crippen LogP contribution in [0.4, 0.5) is 0 Å². The number of rotatable bonds is 9. The van der Waals surface area contributed by atoms with E-state index in [4.69, 9.17) is 5.11 Å². The zero-order valence-corrected chi connectivity index (χ0v) is 13.1. The molecular formula is C16H29NO4. The van der Waals surface area contributed by atoms with E-state index in [0.29, 0.717) is 25.8 Å². The molecule has 0 aromatic heterocycles. The van der Waals surface area contributed by atoms with Crippen LogP contribution in [-0.2, 0) is 9.59 Å². The van der Waals surface area contributed by atoms with Crippen molar-refractivity contribution in [2.75, 3.05) is 13.2 Å². The van der Waals surface area contributed by atoms with E-state index in [1.807, 2.05) is 0 Å². The molecule has 5 heteroatoms. The van der Waals surface area contributed by atoms with Crippen LogP contribution in [0.2, 0.25) is 0 Å². The zero-order chi connectivity index (χ0) is 15.7. The van der Waals surface area contributed by atoms with Gasteiger partial charge in [-0.3, -0.25) is 9.59 Å². The second kappa shape index (κ2) is 9.03. The predicted octanol–water partition coefficient (Wildman–Crippen LogP) is 2.33. The van der Waals surface area contributed by atoms with Crippen LogP contribution in [0.15, 0.2) is 0 Å². The molecule has 0 spiro atoms. The van der Waals surface area contributed by atoms with E-state index < -0.39 is 11.4 Å². The number of carboxylic acids is 1. The molecule has 1 saturated carbocycles. The monoisotopic (exact) mass is 299 g/mol. The number of carbonyl (C=O) groups excluding carboxylic acids is 1. The van der Waals surface area contributed by atoms with Crippen molar-refractivity contribution in [2.24, 2.45) is 11.3 Å². The summed E-state index contributed by atoms with van der Waals surface area (Å²) in [6.07, 6.45) is 6.79. The predicted molar refractivity (Wildman–Crippen MR) is 80.9 cm³/mol. The van der Waals surface area contributed by atoms with E-state index in [-0.39, 0.29) is 24.9 Å². The summed E-state index contributed by atoms with van der Waals surface area (Å²) in [4.78, 5) is 23.6. The highest BCUT2D eigenvalue weighted by atomic mass is 16.4. The van der Waals surface area contributed by atoms with Gasteiger partial charge >= 0.3 is 5.97 Å². The number of carbonyl (C=O) groups is 2. The van der Waals surface area contributed by atoms with Crippen LogP contribution in [0.3, 0.4) is 0 Å². The molecule has 0 bridgehead atoms. The van der Waals surface area contributed by atoms with Gasteiger partial charge in [-0.1, -0.05) is 32.6 Å². The van der Waals surface area contributed by atoms with E-state index in [9.17, 15) is 14.7 Å². The van der Waals surface area contributed by atoms with Gasteiger partial charge in [-0.25, -0.2) is 0 Å². The fraction of sp³-hybridized carbons (Fsp3) is 0.875. The molecule has 1 rings (SSSR count). The lowest BCUT2D eigenvalue weighted by atomic mass is 9.71. The summed E-state index contributed by atoms with van der Waals surface area (Å²) in [6.45, 7) is 2.73. The zero-order valence-electron chi connectivity index (χ0n) is 13.1. The van der Waals surface area contributed by atoms with Gasteiger partial charge in [0.25, 0.3) is 0 Å². The van der Waals surface area contributed by atoms with Crippen LogP contribution in [0.25, 0.3) is 0 Å². The lowest BCUT2D eigenvalue weighted by molar-refractivity contribution is -0.154. The molecule has 1 aliphatic rings. The molecule has 3 N–H and O–H groups in total. The van der Waals surface area contributed by atoms with Crippen LogP contribution in [-0.4, -0.2) is 35.2 Å². The van der Waals surface area contributed by atoms with Crippen LogP contribution in [0.5, 0.6) is 0 Å². The summed E-state index contributed by atoms with van der Waals surface area (Å²) in [7, 11) is 0. The molecule has 1 amide bonds. The Kier molecular flexibility index (Phi) is 7.72. The van der Waals surface area contributed by atoms with E-state index in [0.717, 1.165) is 32.1 Å². The second-order valence-electron chi connectivity index (χ2n) is 6.29. The second-order valence-corrected chi connectivity index (χ2v) is 6.29. The van der Waals surface area contributed by atoms with Gasteiger partial charge in [-0.05, 0) is 31.6 Å². The van der Waals surface area contributed by atoms with Crippen molar-refractivity contribution in [1.82, 2.24) is 5.32 Å². The highest BCUT2D eigenvalue weighted by molar-refractivity contribution is 5.85. The van der Waals surface area contributed by atoms with Crippen molar-refractivity contribution in [3.05, 3.63) is 0 Å². The number of hydrogen-bond acceptors (Lipinski definition) is 3. The molecule has 1 aliphatic carbocycles. The van der Waals surface area contributed by atoms with Crippen LogP contribution in [0.1, 0.15) is 64.7 Å². The first kappa shape index (κ1) is 18.0. The maximum Gasteiger partial charge on any atom is 0.310 e. The summed E-state index contributed by atoms with van der Waals surface area (Å²) in [5.41, 5.74) is -0.862. The minimum atomic E-state index is -0.862. The molecule has 1 fully saturated rings. The maximum absolute atomic E-state index is 12.1. The molecule has 122 valence electrons. The molecule has 0 aromatic rings. The molecule has 0 aliphatic heterocycles. The molecule has 1 unspecified atom stereocenters. The average Bonchev–Trinajstić information content (AvgIpc) is 2.46. The van der Waals surface area contributed by atoms with Gasteiger partial charge in [0.15, 0.2) is 0 Å². The first-order chi connectivity index (χ1) is 10.0. The molecule has 0 aromatic carbocycles. The van der Waals surface area contributed by atoms with Crippen LogP contribution in [0, 0.1) is 11.3 Å². The molecule has 21 heavy (non-hydrogen) atoms. The maximum atomic E-state index is 12.1. The standard InChI is InChI=1S/C16H29NO4/c1-2-6-13(7-10-18)12-17-14(19)11-16(15(20)21)8-4-3-5-9-16/h13,18H,2-12H2,1H3,(H,17,19)(H,20,21). The molecular weight excluding hydrogens is 270 g/mol. The summed E-state index contributed by atoms with van der Waals surface area (Å²) >= 11 is 0. The van der Waals surface area contributed by atoms with E-state index >= 15 is 0 Å². The fourth-order valence-electron chi connectivity index (χ4n) is 3.26. The molecule has 0 saturated heterocycles. The first-order valence-electron chi connectivity index (χ1n) is 8.15. The fourth-order valence-corrected chi connectivity index (χ4v) is 3.26. The van der Waals surface area contributed by atoms with Gasteiger partial charge < -0.3 is 15.5 Å². The summed E-state index contributed by atoms with van der Waals surface area (Å²) in [5, 5.41) is 21.3. The number of aliphatic hydroxyl groups excluding tert-OH is 1. The van der Waals surface area contributed by atoms with Gasteiger partial charge in [0.1, 0.15) is 0 Å². The van der Waals surface area contributed by atoms with Gasteiger partial charge in [0.2, 0.25) is 5.91 Å². The highest BCUT2D eigenvalue weighted by Crippen LogP contribution is 2.39. The Hall–Kier alpha value is -1.10. The Balaban J connectivity index is 2.48. The Morgan fingerprint density at radius 1 is 1.19 bits per heavy atom. The topological polar surface area (TPSA) is 86.6 Å². The van der Waals surface area contributed by atoms with Gasteiger partial charge in [-0.2, -0.15) is 0 Å². The molecule has 0 heterocycles. The van der Waals surface area contributed by atoms with Crippen molar-refractivity contribution in [1.29, 1.82) is 0 Å². The number of amides is 1. The first-order valence-corrected chi connectivity index (χ1v) is 8.15. The quantitative estimate of drug-likeness (QED) is 0.610. The van der Waals surface area contributed by atoms with Gasteiger partial charge in [0, 0.05) is 19.6 Å². The van der Waals surface area contributed by atoms with Crippen LogP contribution >= 0.6 is 0 Å². The Labute approximate surface area is 127 Å². The number of carboxylic acid groups (broad SMARTS) is 1. The van der Waals surface area contributed by atoms with Crippen molar-refractivity contribution in [2.45, 2.75) is 64.7 Å². The largest absolute Gasteiger partial charge is 0.481 e. The molecule has 0 radical (unpaired) electrons. The third-order valence-corrected chi connectivity index (χ3v) is 4.59. The Bertz CT molecular complexity index is 331. The Morgan fingerprint density at radius 2 is 1.86 bits per heavy atom. The third-order valence-electron chi connectivity index (χ3n) is 4.59. The smallest absolute Gasteiger partial charge is 0.310 e. The van der Waals surface area contributed by atoms with Crippen molar-refractivity contribution >= 4 is 11.9 Å². The minimum absolute atomic E-state index is 0.0836. The number of nitrogens with one attached hydrogen (secondary N) is 1. The number of hydrogen-bond donors (Lipinski definition) is 3. The molecule has 1 atom stereocenters. The normalized spacial score (nSPS) is 19.0. The van der Waals surface area contributed by atoms with Gasteiger partial charge in [-0.15, -0.1) is 0 Å². The lowest BCUT2D eigenvalue weighted by Gasteiger charge is -2.32. The highest BCUT2D eigenvalue weighted by Gasteiger charge is 2.41. The van der Waals surface area contributed by atoms with E-state index in [1.54, 1.807) is 0 Å². The number of aliphatic carboxylic acids is 1. The van der Waals surface area contributed by atoms with E-state index in [2.05, 4.69) is 12.2 Å². The SMILES string of the molecule is CCCC(CCO)CNC(=O)CC1(C(=O)O)CCCCC1. The van der Waals surface area contributed by atoms with Crippen molar-refractivity contribution in [3.8, 4) is 0 Å².